The van der Waals surface area contributed by atoms with Gasteiger partial charge in [0, 0.05) is 13.7 Å². The molecule has 0 aromatic heterocycles. The summed E-state index contributed by atoms with van der Waals surface area (Å²) in [4.78, 5) is 10.0. The number of carbonyl (C=O) groups excluding carboxylic acids is 1. The molecule has 0 aliphatic heterocycles. The summed E-state index contributed by atoms with van der Waals surface area (Å²) in [6.07, 6.45) is 0.527. The molecule has 0 spiro atoms. The van der Waals surface area contributed by atoms with Crippen LogP contribution in [0.15, 0.2) is 0 Å². The van der Waals surface area contributed by atoms with Crippen LogP contribution in [0.2, 0.25) is 0 Å². The largest absolute Gasteiger partial charge is 0.385 e. The highest BCUT2D eigenvalue weighted by Crippen LogP contribution is 2.00. The van der Waals surface area contributed by atoms with Crippen LogP contribution in [0.3, 0.4) is 0 Å². The molecule has 0 rings (SSSR count). The zero-order valence-corrected chi connectivity index (χ0v) is 5.72. The highest BCUT2D eigenvalue weighted by molar-refractivity contribution is 5.68. The molecule has 3 nitrogen and oxygen atoms in total. The van der Waals surface area contributed by atoms with E-state index in [4.69, 9.17) is 0 Å². The van der Waals surface area contributed by atoms with Crippen molar-refractivity contribution >= 4 is 5.97 Å². The van der Waals surface area contributed by atoms with Crippen molar-refractivity contribution < 1.29 is 14.6 Å². The summed E-state index contributed by atoms with van der Waals surface area (Å²) in [5.74, 6) is -1.41. The van der Waals surface area contributed by atoms with E-state index in [2.05, 4.69) is 4.74 Å². The van der Waals surface area contributed by atoms with Crippen molar-refractivity contribution in [2.24, 2.45) is 5.92 Å². The molecular weight excluding hydrogens is 120 g/mol. The van der Waals surface area contributed by atoms with Gasteiger partial charge in [0.2, 0.25) is 0 Å². The summed E-state index contributed by atoms with van der Waals surface area (Å²) in [7, 11) is 1.54. The van der Waals surface area contributed by atoms with E-state index >= 15 is 0 Å². The van der Waals surface area contributed by atoms with E-state index in [9.17, 15) is 9.90 Å². The van der Waals surface area contributed by atoms with Gasteiger partial charge in [0.05, 0.1) is 5.92 Å². The van der Waals surface area contributed by atoms with Gasteiger partial charge in [0.1, 0.15) is 0 Å². The normalized spacial score (nSPS) is 13.1. The van der Waals surface area contributed by atoms with E-state index in [0.717, 1.165) is 0 Å². The number of rotatable bonds is 4. The van der Waals surface area contributed by atoms with Gasteiger partial charge in [-0.25, -0.2) is 9.90 Å². The van der Waals surface area contributed by atoms with Gasteiger partial charge < -0.3 is 4.74 Å². The number of methoxy groups -OCH3 is 1. The van der Waals surface area contributed by atoms with Crippen LogP contribution in [-0.4, -0.2) is 19.7 Å². The van der Waals surface area contributed by atoms with E-state index in [1.54, 1.807) is 14.0 Å². The molecule has 0 N–H and O–H groups in total. The number of carbonyl (C=O) groups is 1. The van der Waals surface area contributed by atoms with Crippen LogP contribution in [-0.2, 0) is 14.6 Å². The summed E-state index contributed by atoms with van der Waals surface area (Å²) >= 11 is 0. The van der Waals surface area contributed by atoms with Crippen molar-refractivity contribution in [1.29, 1.82) is 0 Å². The van der Waals surface area contributed by atoms with Crippen molar-refractivity contribution in [2.75, 3.05) is 13.7 Å². The molecule has 0 bridgehead atoms. The molecule has 0 heterocycles. The van der Waals surface area contributed by atoms with Crippen LogP contribution in [0.4, 0.5) is 0 Å². The van der Waals surface area contributed by atoms with Gasteiger partial charge in [-0.05, 0) is 6.42 Å². The Labute approximate surface area is 54.6 Å². The fourth-order valence-electron chi connectivity index (χ4n) is 0.412. The second-order valence-electron chi connectivity index (χ2n) is 2.00. The Kier molecular flexibility index (Phi) is 4.05. The molecule has 1 radical (unpaired) electrons. The van der Waals surface area contributed by atoms with Crippen LogP contribution in [0.5, 0.6) is 0 Å². The Balaban J connectivity index is 3.27. The third-order valence-corrected chi connectivity index (χ3v) is 1.16. The third kappa shape index (κ3) is 3.97. The minimum absolute atomic E-state index is 0.398. The lowest BCUT2D eigenvalue weighted by Gasteiger charge is -2.00. The van der Waals surface area contributed by atoms with Gasteiger partial charge in [0.15, 0.2) is 0 Å². The smallest absolute Gasteiger partial charge is 0.358 e. The molecule has 3 heteroatoms. The fraction of sp³-hybridized carbons (Fsp3) is 0.833. The first-order valence-corrected chi connectivity index (χ1v) is 2.88. The lowest BCUT2D eigenvalue weighted by atomic mass is 10.1. The molecule has 0 aliphatic rings. The van der Waals surface area contributed by atoms with Crippen LogP contribution >= 0.6 is 0 Å². The van der Waals surface area contributed by atoms with Crippen molar-refractivity contribution in [1.82, 2.24) is 0 Å². The third-order valence-electron chi connectivity index (χ3n) is 1.16. The molecule has 53 valence electrons. The number of ether oxygens (including phenoxy) is 1. The first-order chi connectivity index (χ1) is 4.18. The van der Waals surface area contributed by atoms with E-state index in [1.165, 1.54) is 0 Å². The Morgan fingerprint density at radius 2 is 2.22 bits per heavy atom. The molecule has 9 heavy (non-hydrogen) atoms. The van der Waals surface area contributed by atoms with Gasteiger partial charge in [0.25, 0.3) is 0 Å². The standard InChI is InChI=1S/C6H11O3/c1-5(6(7)8)3-4-9-2/h5H,3-4H2,1-2H3. The predicted molar refractivity (Wildman–Crippen MR) is 31.4 cm³/mol. The summed E-state index contributed by atoms with van der Waals surface area (Å²) in [6.45, 7) is 2.09. The Morgan fingerprint density at radius 1 is 1.67 bits per heavy atom. The Hall–Kier alpha value is -0.570. The molecule has 1 unspecified atom stereocenters. The average Bonchev–Trinajstić information content (AvgIpc) is 1.82. The zero-order chi connectivity index (χ0) is 7.28. The van der Waals surface area contributed by atoms with Crippen LogP contribution in [0, 0.1) is 5.92 Å². The zero-order valence-electron chi connectivity index (χ0n) is 5.72. The van der Waals surface area contributed by atoms with E-state index in [1.807, 2.05) is 0 Å². The topological polar surface area (TPSA) is 46.2 Å². The van der Waals surface area contributed by atoms with Crippen molar-refractivity contribution in [3.05, 3.63) is 0 Å². The SMILES string of the molecule is COCCC(C)C([O])=O. The van der Waals surface area contributed by atoms with Gasteiger partial charge in [-0.3, -0.25) is 0 Å². The fourth-order valence-corrected chi connectivity index (χ4v) is 0.412. The summed E-state index contributed by atoms with van der Waals surface area (Å²) < 4.78 is 4.67. The second-order valence-corrected chi connectivity index (χ2v) is 2.00. The molecule has 0 fully saturated rings. The van der Waals surface area contributed by atoms with Crippen LogP contribution in [0.1, 0.15) is 13.3 Å². The quantitative estimate of drug-likeness (QED) is 0.561. The maximum atomic E-state index is 10.0. The maximum Gasteiger partial charge on any atom is 0.358 e. The Bertz CT molecular complexity index is 90.3. The summed E-state index contributed by atoms with van der Waals surface area (Å²) in [5.41, 5.74) is 0. The molecule has 0 aliphatic carbocycles. The lowest BCUT2D eigenvalue weighted by molar-refractivity contribution is -0.148. The van der Waals surface area contributed by atoms with Crippen LogP contribution in [0.25, 0.3) is 0 Å². The molecule has 0 amide bonds. The van der Waals surface area contributed by atoms with Gasteiger partial charge in [-0.2, -0.15) is 0 Å². The maximum absolute atomic E-state index is 10.0. The predicted octanol–water partition coefficient (Wildman–Crippen LogP) is 0.616. The summed E-state index contributed by atoms with van der Waals surface area (Å²) in [5, 5.41) is 10.0. The minimum atomic E-state index is -1.01. The van der Waals surface area contributed by atoms with Gasteiger partial charge >= 0.3 is 5.97 Å². The monoisotopic (exact) mass is 131 g/mol. The van der Waals surface area contributed by atoms with Gasteiger partial charge in [-0.15, -0.1) is 0 Å². The van der Waals surface area contributed by atoms with E-state index < -0.39 is 11.9 Å². The molecule has 1 atom stereocenters. The lowest BCUT2D eigenvalue weighted by Crippen LogP contribution is -2.10. The molecular formula is C6H11O3. The summed E-state index contributed by atoms with van der Waals surface area (Å²) in [6, 6.07) is 0. The van der Waals surface area contributed by atoms with E-state index in [-0.39, 0.29) is 0 Å². The highest BCUT2D eigenvalue weighted by atomic mass is 16.5. The highest BCUT2D eigenvalue weighted by Gasteiger charge is 2.11. The van der Waals surface area contributed by atoms with Crippen molar-refractivity contribution in [3.8, 4) is 0 Å². The van der Waals surface area contributed by atoms with Crippen molar-refractivity contribution in [2.45, 2.75) is 13.3 Å². The Morgan fingerprint density at radius 3 is 2.56 bits per heavy atom. The first kappa shape index (κ1) is 8.43. The average molecular weight is 131 g/mol. The molecule has 0 aromatic rings. The molecule has 0 aromatic carbocycles. The van der Waals surface area contributed by atoms with Gasteiger partial charge in [-0.1, -0.05) is 6.92 Å². The number of hydrogen-bond donors (Lipinski definition) is 0. The van der Waals surface area contributed by atoms with E-state index in [0.29, 0.717) is 13.0 Å². The van der Waals surface area contributed by atoms with Crippen molar-refractivity contribution in [3.63, 3.8) is 0 Å². The minimum Gasteiger partial charge on any atom is -0.385 e. The molecule has 0 saturated carbocycles. The second kappa shape index (κ2) is 4.32. The van der Waals surface area contributed by atoms with Crippen LogP contribution < -0.4 is 0 Å². The molecule has 0 saturated heterocycles. The first-order valence-electron chi connectivity index (χ1n) is 2.88. The number of hydrogen-bond acceptors (Lipinski definition) is 2.